The number of aliphatic hydroxyl groups is 1. The number of hydrogen-bond donors (Lipinski definition) is 2. The number of phenolic OH excluding ortho intramolecular Hbond substituents is 1. The topological polar surface area (TPSA) is 62.2 Å². The van der Waals surface area contributed by atoms with E-state index < -0.39 is 6.10 Å². The van der Waals surface area contributed by atoms with Crippen LogP contribution < -0.4 is 9.47 Å². The van der Waals surface area contributed by atoms with Gasteiger partial charge in [0.05, 0.1) is 0 Å². The highest BCUT2D eigenvalue weighted by atomic mass is 35.5. The predicted molar refractivity (Wildman–Crippen MR) is 104 cm³/mol. The summed E-state index contributed by atoms with van der Waals surface area (Å²) >= 11 is 6.10. The molecule has 2 aliphatic heterocycles. The van der Waals surface area contributed by atoms with Crippen molar-refractivity contribution in [1.29, 1.82) is 0 Å². The summed E-state index contributed by atoms with van der Waals surface area (Å²) < 4.78 is 11.8. The number of benzene rings is 2. The van der Waals surface area contributed by atoms with Crippen molar-refractivity contribution in [1.82, 2.24) is 4.90 Å². The summed E-state index contributed by atoms with van der Waals surface area (Å²) in [5, 5.41) is 20.8. The van der Waals surface area contributed by atoms with Crippen LogP contribution in [-0.2, 0) is 6.42 Å². The molecule has 0 aliphatic carbocycles. The van der Waals surface area contributed by atoms with Crippen LogP contribution in [0.5, 0.6) is 17.2 Å². The third kappa shape index (κ3) is 4.15. The zero-order chi connectivity index (χ0) is 18.9. The lowest BCUT2D eigenvalue weighted by atomic mass is 9.87. The van der Waals surface area contributed by atoms with Crippen LogP contribution in [0.15, 0.2) is 42.5 Å². The standard InChI is InChI=1S/C21H24ClNO4/c22-16-5-6-19-15(11-16)12-21(27-19)7-9-23(10-8-21)13-17(24)14-26-20-4-2-1-3-18(20)25/h1-6,11,17,24-25H,7-10,12-14H2/t17-/m0/s1. The van der Waals surface area contributed by atoms with Gasteiger partial charge in [-0.2, -0.15) is 0 Å². The van der Waals surface area contributed by atoms with E-state index in [1.165, 1.54) is 5.56 Å². The number of hydrogen-bond acceptors (Lipinski definition) is 5. The fraction of sp³-hybridized carbons (Fsp3) is 0.429. The van der Waals surface area contributed by atoms with Gasteiger partial charge in [-0.05, 0) is 35.9 Å². The predicted octanol–water partition coefficient (Wildman–Crippen LogP) is 3.26. The Kier molecular flexibility index (Phi) is 5.17. The first kappa shape index (κ1) is 18.4. The van der Waals surface area contributed by atoms with Crippen molar-refractivity contribution < 1.29 is 19.7 Å². The first-order chi connectivity index (χ1) is 13.0. The van der Waals surface area contributed by atoms with Gasteiger partial charge < -0.3 is 24.6 Å². The monoisotopic (exact) mass is 389 g/mol. The summed E-state index contributed by atoms with van der Waals surface area (Å²) in [6, 6.07) is 12.6. The summed E-state index contributed by atoms with van der Waals surface area (Å²) in [4.78, 5) is 2.24. The van der Waals surface area contributed by atoms with Crippen LogP contribution in [-0.4, -0.2) is 53.1 Å². The molecule has 1 spiro atoms. The van der Waals surface area contributed by atoms with Crippen LogP contribution in [0.25, 0.3) is 0 Å². The SMILES string of the molecule is Oc1ccccc1OC[C@@H](O)CN1CCC2(CC1)Cc1cc(Cl)ccc1O2. The van der Waals surface area contributed by atoms with E-state index in [1.807, 2.05) is 18.2 Å². The first-order valence-electron chi connectivity index (χ1n) is 9.32. The second-order valence-electron chi connectivity index (χ2n) is 7.45. The molecule has 0 radical (unpaired) electrons. The molecule has 2 aromatic rings. The normalized spacial score (nSPS) is 19.5. The number of likely N-dealkylation sites (tertiary alicyclic amines) is 1. The molecule has 2 N–H and O–H groups in total. The lowest BCUT2D eigenvalue weighted by molar-refractivity contribution is -0.00210. The molecule has 0 unspecified atom stereocenters. The molecule has 6 heteroatoms. The van der Waals surface area contributed by atoms with Gasteiger partial charge in [-0.25, -0.2) is 0 Å². The maximum absolute atomic E-state index is 10.3. The quantitative estimate of drug-likeness (QED) is 0.821. The Morgan fingerprint density at radius 3 is 2.74 bits per heavy atom. The summed E-state index contributed by atoms with van der Waals surface area (Å²) in [5.74, 6) is 1.43. The van der Waals surface area contributed by atoms with Gasteiger partial charge in [-0.1, -0.05) is 23.7 Å². The average molecular weight is 390 g/mol. The number of nitrogens with zero attached hydrogens (tertiary/aromatic N) is 1. The van der Waals surface area contributed by atoms with Crippen molar-refractivity contribution in [3.05, 3.63) is 53.1 Å². The second kappa shape index (κ2) is 7.58. The number of β-amino-alcohol motifs (C(OH)–C–C–N with tert-alkyl or cyclic N) is 1. The molecular weight excluding hydrogens is 366 g/mol. The Morgan fingerprint density at radius 1 is 1.19 bits per heavy atom. The number of piperidine rings is 1. The Morgan fingerprint density at radius 2 is 1.96 bits per heavy atom. The molecule has 1 saturated heterocycles. The van der Waals surface area contributed by atoms with Crippen LogP contribution in [0.3, 0.4) is 0 Å². The van der Waals surface area contributed by atoms with E-state index in [1.54, 1.807) is 24.3 Å². The Labute approximate surface area is 164 Å². The maximum atomic E-state index is 10.3. The first-order valence-corrected chi connectivity index (χ1v) is 9.69. The molecular formula is C21H24ClNO4. The van der Waals surface area contributed by atoms with Gasteiger partial charge in [0.15, 0.2) is 11.5 Å². The van der Waals surface area contributed by atoms with Crippen LogP contribution in [0.1, 0.15) is 18.4 Å². The van der Waals surface area contributed by atoms with E-state index in [-0.39, 0.29) is 18.0 Å². The van der Waals surface area contributed by atoms with Gasteiger partial charge in [0.25, 0.3) is 0 Å². The number of ether oxygens (including phenoxy) is 2. The van der Waals surface area contributed by atoms with Gasteiger partial charge in [0.2, 0.25) is 0 Å². The van der Waals surface area contributed by atoms with Crippen molar-refractivity contribution in [3.63, 3.8) is 0 Å². The van der Waals surface area contributed by atoms with Crippen molar-refractivity contribution in [2.75, 3.05) is 26.2 Å². The highest BCUT2D eigenvalue weighted by Crippen LogP contribution is 2.41. The number of halogens is 1. The van der Waals surface area contributed by atoms with Crippen LogP contribution >= 0.6 is 11.6 Å². The largest absolute Gasteiger partial charge is 0.504 e. The van der Waals surface area contributed by atoms with Crippen LogP contribution in [0.2, 0.25) is 5.02 Å². The third-order valence-electron chi connectivity index (χ3n) is 5.39. The molecule has 144 valence electrons. The number of phenols is 1. The van der Waals surface area contributed by atoms with E-state index in [9.17, 15) is 10.2 Å². The molecule has 5 nitrogen and oxygen atoms in total. The Balaban J connectivity index is 1.26. The fourth-order valence-corrected chi connectivity index (χ4v) is 4.13. The molecule has 2 aliphatic rings. The summed E-state index contributed by atoms with van der Waals surface area (Å²) in [7, 11) is 0. The molecule has 27 heavy (non-hydrogen) atoms. The minimum Gasteiger partial charge on any atom is -0.504 e. The van der Waals surface area contributed by atoms with E-state index in [0.717, 1.165) is 43.1 Å². The zero-order valence-electron chi connectivity index (χ0n) is 15.1. The van der Waals surface area contributed by atoms with Crippen molar-refractivity contribution in [2.45, 2.75) is 31.0 Å². The van der Waals surface area contributed by atoms with E-state index >= 15 is 0 Å². The average Bonchev–Trinajstić information content (AvgIpc) is 3.00. The Bertz CT molecular complexity index is 805. The smallest absolute Gasteiger partial charge is 0.161 e. The minimum atomic E-state index is -0.612. The number of aromatic hydroxyl groups is 1. The van der Waals surface area contributed by atoms with Crippen molar-refractivity contribution >= 4 is 11.6 Å². The molecule has 0 bridgehead atoms. The molecule has 0 amide bonds. The molecule has 2 heterocycles. The van der Waals surface area contributed by atoms with Crippen molar-refractivity contribution in [2.24, 2.45) is 0 Å². The molecule has 0 aromatic heterocycles. The lowest BCUT2D eigenvalue weighted by Gasteiger charge is -2.39. The fourth-order valence-electron chi connectivity index (χ4n) is 3.94. The van der Waals surface area contributed by atoms with E-state index in [2.05, 4.69) is 4.90 Å². The number of aliphatic hydroxyl groups excluding tert-OH is 1. The molecule has 0 saturated carbocycles. The number of fused-ring (bicyclic) bond motifs is 1. The third-order valence-corrected chi connectivity index (χ3v) is 5.63. The maximum Gasteiger partial charge on any atom is 0.161 e. The highest BCUT2D eigenvalue weighted by molar-refractivity contribution is 6.30. The van der Waals surface area contributed by atoms with Crippen LogP contribution in [0, 0.1) is 0 Å². The molecule has 2 aromatic carbocycles. The van der Waals surface area contributed by atoms with Gasteiger partial charge in [-0.3, -0.25) is 0 Å². The molecule has 1 atom stereocenters. The number of para-hydroxylation sites is 2. The highest BCUT2D eigenvalue weighted by Gasteiger charge is 2.42. The summed E-state index contributed by atoms with van der Waals surface area (Å²) in [6.07, 6.45) is 2.13. The Hall–Kier alpha value is -1.95. The molecule has 4 rings (SSSR count). The van der Waals surface area contributed by atoms with Crippen LogP contribution in [0.4, 0.5) is 0 Å². The van der Waals surface area contributed by atoms with Gasteiger partial charge >= 0.3 is 0 Å². The van der Waals surface area contributed by atoms with Gasteiger partial charge in [0.1, 0.15) is 24.1 Å². The number of rotatable bonds is 5. The van der Waals surface area contributed by atoms with Crippen molar-refractivity contribution in [3.8, 4) is 17.2 Å². The van der Waals surface area contributed by atoms with E-state index in [4.69, 9.17) is 21.1 Å². The van der Waals surface area contributed by atoms with Gasteiger partial charge in [0, 0.05) is 43.9 Å². The zero-order valence-corrected chi connectivity index (χ0v) is 15.9. The lowest BCUT2D eigenvalue weighted by Crippen LogP contribution is -2.49. The summed E-state index contributed by atoms with van der Waals surface area (Å²) in [6.45, 7) is 2.44. The van der Waals surface area contributed by atoms with E-state index in [0.29, 0.717) is 12.3 Å². The second-order valence-corrected chi connectivity index (χ2v) is 7.88. The molecule has 1 fully saturated rings. The minimum absolute atomic E-state index is 0.0858. The summed E-state index contributed by atoms with van der Waals surface area (Å²) in [5.41, 5.74) is 1.05. The van der Waals surface area contributed by atoms with Gasteiger partial charge in [-0.15, -0.1) is 0 Å².